The standard InChI is InChI=1S/C13H14BrNO6/c1-21-11(17)5-3-9(13(19)20)15-12(18)8-6-7(14)2-4-10(8)16/h2,4,6,9,16H,3,5H2,1H3,(H,15,18)(H,19,20). The van der Waals surface area contributed by atoms with Gasteiger partial charge in [0.1, 0.15) is 11.8 Å². The predicted molar refractivity (Wildman–Crippen MR) is 75.9 cm³/mol. The second-order valence-electron chi connectivity index (χ2n) is 4.14. The Hall–Kier alpha value is -2.09. The maximum Gasteiger partial charge on any atom is 0.326 e. The van der Waals surface area contributed by atoms with Crippen LogP contribution in [0.15, 0.2) is 22.7 Å². The minimum absolute atomic E-state index is 0.0614. The molecule has 1 amide bonds. The quantitative estimate of drug-likeness (QED) is 0.659. The average Bonchev–Trinajstić information content (AvgIpc) is 2.44. The molecule has 0 heterocycles. The third-order valence-electron chi connectivity index (χ3n) is 2.67. The van der Waals surface area contributed by atoms with E-state index in [1.54, 1.807) is 0 Å². The summed E-state index contributed by atoms with van der Waals surface area (Å²) in [5.41, 5.74) is -0.0614. The Balaban J connectivity index is 2.79. The number of carboxylic acids is 1. The molecule has 0 aliphatic carbocycles. The fourth-order valence-electron chi connectivity index (χ4n) is 1.55. The number of carboxylic acid groups (broad SMARTS) is 1. The minimum Gasteiger partial charge on any atom is -0.507 e. The highest BCUT2D eigenvalue weighted by molar-refractivity contribution is 9.10. The monoisotopic (exact) mass is 359 g/mol. The molecule has 1 aromatic carbocycles. The first-order chi connectivity index (χ1) is 9.85. The van der Waals surface area contributed by atoms with Crippen molar-refractivity contribution < 1.29 is 29.3 Å². The van der Waals surface area contributed by atoms with Crippen molar-refractivity contribution in [3.05, 3.63) is 28.2 Å². The molecule has 114 valence electrons. The third kappa shape index (κ3) is 5.07. The molecule has 1 rings (SSSR count). The number of phenols is 1. The Bertz CT molecular complexity index is 560. The van der Waals surface area contributed by atoms with Gasteiger partial charge in [-0.05, 0) is 24.6 Å². The number of ether oxygens (including phenoxy) is 1. The minimum atomic E-state index is -1.28. The average molecular weight is 360 g/mol. The Morgan fingerprint density at radius 3 is 2.62 bits per heavy atom. The number of carbonyl (C=O) groups is 3. The Labute approximate surface area is 129 Å². The van der Waals surface area contributed by atoms with Crippen LogP contribution in [-0.2, 0) is 14.3 Å². The molecule has 0 spiro atoms. The van der Waals surface area contributed by atoms with Crippen LogP contribution in [0.1, 0.15) is 23.2 Å². The molecule has 0 aromatic heterocycles. The van der Waals surface area contributed by atoms with Crippen LogP contribution in [0, 0.1) is 0 Å². The van der Waals surface area contributed by atoms with E-state index in [9.17, 15) is 19.5 Å². The van der Waals surface area contributed by atoms with Crippen LogP contribution >= 0.6 is 15.9 Å². The lowest BCUT2D eigenvalue weighted by molar-refractivity contribution is -0.142. The summed E-state index contributed by atoms with van der Waals surface area (Å²) >= 11 is 3.15. The molecule has 21 heavy (non-hydrogen) atoms. The van der Waals surface area contributed by atoms with Gasteiger partial charge in [-0.1, -0.05) is 15.9 Å². The van der Waals surface area contributed by atoms with Gasteiger partial charge in [0.05, 0.1) is 12.7 Å². The van der Waals surface area contributed by atoms with Crippen molar-refractivity contribution in [3.63, 3.8) is 0 Å². The molecule has 8 heteroatoms. The molecule has 1 atom stereocenters. The Kier molecular flexibility index (Phi) is 6.16. The number of nitrogens with one attached hydrogen (secondary N) is 1. The topological polar surface area (TPSA) is 113 Å². The molecular weight excluding hydrogens is 346 g/mol. The third-order valence-corrected chi connectivity index (χ3v) is 3.16. The van der Waals surface area contributed by atoms with Crippen LogP contribution in [0.2, 0.25) is 0 Å². The fourth-order valence-corrected chi connectivity index (χ4v) is 1.91. The number of benzene rings is 1. The van der Waals surface area contributed by atoms with Crippen molar-refractivity contribution in [2.24, 2.45) is 0 Å². The molecule has 0 fully saturated rings. The molecule has 0 aliphatic heterocycles. The molecule has 0 saturated heterocycles. The van der Waals surface area contributed by atoms with Gasteiger partial charge < -0.3 is 20.3 Å². The van der Waals surface area contributed by atoms with Gasteiger partial charge >= 0.3 is 11.9 Å². The first-order valence-corrected chi connectivity index (χ1v) is 6.73. The fraction of sp³-hybridized carbons (Fsp3) is 0.308. The zero-order valence-electron chi connectivity index (χ0n) is 11.1. The highest BCUT2D eigenvalue weighted by Gasteiger charge is 2.23. The lowest BCUT2D eigenvalue weighted by atomic mass is 10.1. The normalized spacial score (nSPS) is 11.5. The molecule has 3 N–H and O–H groups in total. The molecule has 1 aromatic rings. The first kappa shape index (κ1) is 17.0. The van der Waals surface area contributed by atoms with Crippen molar-refractivity contribution in [3.8, 4) is 5.75 Å². The smallest absolute Gasteiger partial charge is 0.326 e. The van der Waals surface area contributed by atoms with E-state index in [1.165, 1.54) is 25.3 Å². The van der Waals surface area contributed by atoms with E-state index in [2.05, 4.69) is 26.0 Å². The SMILES string of the molecule is COC(=O)CCC(NC(=O)c1cc(Br)ccc1O)C(=O)O. The molecule has 0 radical (unpaired) electrons. The van der Waals surface area contributed by atoms with Gasteiger partial charge in [0.2, 0.25) is 0 Å². The van der Waals surface area contributed by atoms with E-state index in [-0.39, 0.29) is 24.2 Å². The van der Waals surface area contributed by atoms with Crippen molar-refractivity contribution >= 4 is 33.8 Å². The van der Waals surface area contributed by atoms with Crippen LogP contribution in [0.5, 0.6) is 5.75 Å². The number of carbonyl (C=O) groups excluding carboxylic acids is 2. The zero-order chi connectivity index (χ0) is 16.0. The summed E-state index contributed by atoms with van der Waals surface area (Å²) in [6.45, 7) is 0. The molecule has 7 nitrogen and oxygen atoms in total. The molecular formula is C13H14BrNO6. The molecule has 1 unspecified atom stereocenters. The van der Waals surface area contributed by atoms with E-state index in [4.69, 9.17) is 5.11 Å². The number of phenolic OH excluding ortho intramolecular Hbond substituents is 1. The Morgan fingerprint density at radius 1 is 1.38 bits per heavy atom. The van der Waals surface area contributed by atoms with Crippen molar-refractivity contribution in [1.82, 2.24) is 5.32 Å². The number of aliphatic carboxylic acids is 1. The lowest BCUT2D eigenvalue weighted by Gasteiger charge is -2.14. The number of esters is 1. The summed E-state index contributed by atoms with van der Waals surface area (Å²) in [7, 11) is 1.19. The number of hydrogen-bond acceptors (Lipinski definition) is 5. The van der Waals surface area contributed by atoms with Gasteiger partial charge in [-0.25, -0.2) is 4.79 Å². The Morgan fingerprint density at radius 2 is 2.05 bits per heavy atom. The second kappa shape index (κ2) is 7.63. The summed E-state index contributed by atoms with van der Waals surface area (Å²) in [5, 5.41) is 20.9. The van der Waals surface area contributed by atoms with Crippen LogP contribution < -0.4 is 5.32 Å². The largest absolute Gasteiger partial charge is 0.507 e. The van der Waals surface area contributed by atoms with Crippen molar-refractivity contribution in [2.75, 3.05) is 7.11 Å². The van der Waals surface area contributed by atoms with E-state index >= 15 is 0 Å². The number of methoxy groups -OCH3 is 1. The highest BCUT2D eigenvalue weighted by Crippen LogP contribution is 2.21. The number of hydrogen-bond donors (Lipinski definition) is 3. The number of aromatic hydroxyl groups is 1. The lowest BCUT2D eigenvalue weighted by Crippen LogP contribution is -2.41. The number of rotatable bonds is 6. The van der Waals surface area contributed by atoms with Gasteiger partial charge in [0, 0.05) is 10.9 Å². The van der Waals surface area contributed by atoms with E-state index in [1.807, 2.05) is 0 Å². The van der Waals surface area contributed by atoms with Crippen LogP contribution in [-0.4, -0.2) is 41.2 Å². The van der Waals surface area contributed by atoms with E-state index in [0.29, 0.717) is 4.47 Å². The van der Waals surface area contributed by atoms with Crippen LogP contribution in [0.25, 0.3) is 0 Å². The van der Waals surface area contributed by atoms with Crippen LogP contribution in [0.4, 0.5) is 0 Å². The number of halogens is 1. The summed E-state index contributed by atoms with van der Waals surface area (Å²) in [6.07, 6.45) is -0.249. The predicted octanol–water partition coefficient (Wildman–Crippen LogP) is 1.29. The van der Waals surface area contributed by atoms with Gasteiger partial charge in [0.15, 0.2) is 0 Å². The summed E-state index contributed by atoms with van der Waals surface area (Å²) in [4.78, 5) is 34.1. The van der Waals surface area contributed by atoms with E-state index in [0.717, 1.165) is 0 Å². The zero-order valence-corrected chi connectivity index (χ0v) is 12.7. The van der Waals surface area contributed by atoms with Gasteiger partial charge in [0.25, 0.3) is 5.91 Å². The first-order valence-electron chi connectivity index (χ1n) is 5.94. The highest BCUT2D eigenvalue weighted by atomic mass is 79.9. The van der Waals surface area contributed by atoms with Crippen molar-refractivity contribution in [1.29, 1.82) is 0 Å². The second-order valence-corrected chi connectivity index (χ2v) is 5.06. The van der Waals surface area contributed by atoms with Gasteiger partial charge in [-0.15, -0.1) is 0 Å². The summed E-state index contributed by atoms with van der Waals surface area (Å²) in [5.74, 6) is -2.86. The molecule has 0 aliphatic rings. The molecule has 0 bridgehead atoms. The molecule has 0 saturated carbocycles. The maximum absolute atomic E-state index is 12.0. The van der Waals surface area contributed by atoms with Gasteiger partial charge in [-0.2, -0.15) is 0 Å². The number of amides is 1. The summed E-state index contributed by atoms with van der Waals surface area (Å²) < 4.78 is 4.98. The van der Waals surface area contributed by atoms with Gasteiger partial charge in [-0.3, -0.25) is 9.59 Å². The summed E-state index contributed by atoms with van der Waals surface area (Å²) in [6, 6.07) is 2.96. The van der Waals surface area contributed by atoms with Crippen molar-refractivity contribution in [2.45, 2.75) is 18.9 Å². The van der Waals surface area contributed by atoms with E-state index < -0.39 is 23.9 Å². The van der Waals surface area contributed by atoms with Crippen LogP contribution in [0.3, 0.4) is 0 Å². The maximum atomic E-state index is 12.0.